The summed E-state index contributed by atoms with van der Waals surface area (Å²) in [6, 6.07) is -0.188. The average molecular weight is 286 g/mol. The Morgan fingerprint density at radius 2 is 2.00 bits per heavy atom. The molecule has 1 heterocycles. The predicted molar refractivity (Wildman–Crippen MR) is 70.5 cm³/mol. The highest BCUT2D eigenvalue weighted by Crippen LogP contribution is 2.30. The lowest BCUT2D eigenvalue weighted by atomic mass is 9.80. The van der Waals surface area contributed by atoms with Crippen LogP contribution >= 0.6 is 0 Å². The van der Waals surface area contributed by atoms with Crippen molar-refractivity contribution < 1.29 is 24.2 Å². The van der Waals surface area contributed by atoms with Crippen molar-refractivity contribution >= 4 is 12.0 Å². The summed E-state index contributed by atoms with van der Waals surface area (Å²) in [5, 5.41) is 14.9. The minimum Gasteiger partial charge on any atom is -0.481 e. The molecule has 114 valence electrons. The van der Waals surface area contributed by atoms with Crippen molar-refractivity contribution in [2.24, 2.45) is 5.41 Å². The Balaban J connectivity index is 1.75. The monoisotopic (exact) mass is 286 g/mol. The molecule has 3 N–H and O–H groups in total. The molecule has 7 heteroatoms. The standard InChI is InChI=1S/C13H22N2O5/c1-19-10-6-9(7-10)15-12(18)14-8-13(11(16)17)2-4-20-5-3-13/h9-10H,2-8H2,1H3,(H,16,17)(H2,14,15,18). The quantitative estimate of drug-likeness (QED) is 0.677. The van der Waals surface area contributed by atoms with Crippen molar-refractivity contribution in [3.05, 3.63) is 0 Å². The summed E-state index contributed by atoms with van der Waals surface area (Å²) in [5.74, 6) is -0.871. The third kappa shape index (κ3) is 3.40. The van der Waals surface area contributed by atoms with Crippen molar-refractivity contribution in [1.82, 2.24) is 10.6 Å². The molecule has 7 nitrogen and oxygen atoms in total. The van der Waals surface area contributed by atoms with E-state index in [1.807, 2.05) is 0 Å². The van der Waals surface area contributed by atoms with E-state index in [9.17, 15) is 14.7 Å². The number of carboxylic acid groups (broad SMARTS) is 1. The van der Waals surface area contributed by atoms with E-state index >= 15 is 0 Å². The first-order chi connectivity index (χ1) is 9.55. The largest absolute Gasteiger partial charge is 0.481 e. The molecule has 0 unspecified atom stereocenters. The number of hydrogen-bond acceptors (Lipinski definition) is 4. The van der Waals surface area contributed by atoms with Crippen LogP contribution in [-0.4, -0.2) is 56.1 Å². The van der Waals surface area contributed by atoms with Crippen LogP contribution in [0.4, 0.5) is 4.79 Å². The zero-order valence-electron chi connectivity index (χ0n) is 11.7. The van der Waals surface area contributed by atoms with Crippen LogP contribution < -0.4 is 10.6 Å². The molecule has 0 aromatic carbocycles. The molecule has 0 aromatic heterocycles. The number of ether oxygens (including phenoxy) is 2. The second-order valence-electron chi connectivity index (χ2n) is 5.55. The fourth-order valence-corrected chi connectivity index (χ4v) is 2.59. The van der Waals surface area contributed by atoms with Gasteiger partial charge >= 0.3 is 12.0 Å². The van der Waals surface area contributed by atoms with E-state index in [0.29, 0.717) is 26.1 Å². The smallest absolute Gasteiger partial charge is 0.315 e. The first kappa shape index (κ1) is 15.1. The lowest BCUT2D eigenvalue weighted by molar-refractivity contribution is -0.154. The maximum atomic E-state index is 11.8. The first-order valence-corrected chi connectivity index (χ1v) is 6.94. The van der Waals surface area contributed by atoms with Crippen LogP contribution in [0.15, 0.2) is 0 Å². The summed E-state index contributed by atoms with van der Waals surface area (Å²) < 4.78 is 10.3. The zero-order valence-corrected chi connectivity index (χ0v) is 11.7. The second-order valence-corrected chi connectivity index (χ2v) is 5.55. The Labute approximate surface area is 118 Å². The topological polar surface area (TPSA) is 96.9 Å². The van der Waals surface area contributed by atoms with Crippen LogP contribution in [-0.2, 0) is 14.3 Å². The number of aliphatic carboxylic acids is 1. The maximum Gasteiger partial charge on any atom is 0.315 e. The van der Waals surface area contributed by atoms with Gasteiger partial charge in [-0.05, 0) is 25.7 Å². The predicted octanol–water partition coefficient (Wildman–Crippen LogP) is 0.344. The number of rotatable bonds is 5. The number of urea groups is 1. The van der Waals surface area contributed by atoms with Gasteiger partial charge in [0.25, 0.3) is 0 Å². The molecular weight excluding hydrogens is 264 g/mol. The van der Waals surface area contributed by atoms with Gasteiger partial charge in [-0.2, -0.15) is 0 Å². The SMILES string of the molecule is COC1CC(NC(=O)NCC2(C(=O)O)CCOCC2)C1. The van der Waals surface area contributed by atoms with Crippen molar-refractivity contribution in [3.8, 4) is 0 Å². The Kier molecular flexibility index (Phi) is 4.82. The fourth-order valence-electron chi connectivity index (χ4n) is 2.59. The van der Waals surface area contributed by atoms with Crippen LogP contribution in [0, 0.1) is 5.41 Å². The molecule has 1 aliphatic carbocycles. The normalized spacial score (nSPS) is 28.2. The first-order valence-electron chi connectivity index (χ1n) is 6.94. The highest BCUT2D eigenvalue weighted by Gasteiger charge is 2.40. The minimum absolute atomic E-state index is 0.121. The average Bonchev–Trinajstić information content (AvgIpc) is 2.41. The summed E-state index contributed by atoms with van der Waals surface area (Å²) in [4.78, 5) is 23.2. The molecule has 0 spiro atoms. The van der Waals surface area contributed by atoms with E-state index in [4.69, 9.17) is 9.47 Å². The van der Waals surface area contributed by atoms with E-state index in [2.05, 4.69) is 10.6 Å². The van der Waals surface area contributed by atoms with Crippen molar-refractivity contribution in [2.45, 2.75) is 37.8 Å². The number of hydrogen-bond donors (Lipinski definition) is 3. The summed E-state index contributed by atoms with van der Waals surface area (Å²) in [6.07, 6.45) is 2.69. The van der Waals surface area contributed by atoms with Gasteiger partial charge in [-0.15, -0.1) is 0 Å². The van der Waals surface area contributed by atoms with Gasteiger partial charge < -0.3 is 25.2 Å². The van der Waals surface area contributed by atoms with Crippen LogP contribution in [0.2, 0.25) is 0 Å². The summed E-state index contributed by atoms with van der Waals surface area (Å²) in [5.41, 5.74) is -0.899. The molecule has 1 saturated heterocycles. The number of carboxylic acids is 1. The zero-order chi connectivity index (χ0) is 14.6. The van der Waals surface area contributed by atoms with Gasteiger partial charge in [0, 0.05) is 32.9 Å². The van der Waals surface area contributed by atoms with E-state index in [-0.39, 0.29) is 24.7 Å². The molecule has 0 atom stereocenters. The van der Waals surface area contributed by atoms with E-state index in [1.54, 1.807) is 7.11 Å². The van der Waals surface area contributed by atoms with E-state index in [1.165, 1.54) is 0 Å². The highest BCUT2D eigenvalue weighted by molar-refractivity contribution is 5.78. The van der Waals surface area contributed by atoms with Crippen molar-refractivity contribution in [3.63, 3.8) is 0 Å². The number of amides is 2. The van der Waals surface area contributed by atoms with Crippen LogP contribution in [0.5, 0.6) is 0 Å². The lowest BCUT2D eigenvalue weighted by Gasteiger charge is -2.36. The lowest BCUT2D eigenvalue weighted by Crippen LogP contribution is -2.53. The van der Waals surface area contributed by atoms with Gasteiger partial charge in [-0.3, -0.25) is 4.79 Å². The molecule has 0 bridgehead atoms. The molecule has 1 aliphatic heterocycles. The Morgan fingerprint density at radius 3 is 2.55 bits per heavy atom. The second kappa shape index (κ2) is 6.41. The van der Waals surface area contributed by atoms with Crippen LogP contribution in [0.25, 0.3) is 0 Å². The third-order valence-corrected chi connectivity index (χ3v) is 4.25. The fraction of sp³-hybridized carbons (Fsp3) is 0.846. The molecule has 20 heavy (non-hydrogen) atoms. The summed E-state index contributed by atoms with van der Waals surface area (Å²) >= 11 is 0. The van der Waals surface area contributed by atoms with Crippen LogP contribution in [0.3, 0.4) is 0 Å². The van der Waals surface area contributed by atoms with Gasteiger partial charge in [-0.1, -0.05) is 0 Å². The number of carbonyl (C=O) groups excluding carboxylic acids is 1. The molecule has 2 aliphatic rings. The van der Waals surface area contributed by atoms with Gasteiger partial charge in [0.05, 0.1) is 11.5 Å². The van der Waals surface area contributed by atoms with E-state index in [0.717, 1.165) is 12.8 Å². The Hall–Kier alpha value is -1.34. The molecule has 1 saturated carbocycles. The van der Waals surface area contributed by atoms with Crippen LogP contribution in [0.1, 0.15) is 25.7 Å². The number of carbonyl (C=O) groups is 2. The molecule has 2 amide bonds. The summed E-state index contributed by atoms with van der Waals surface area (Å²) in [6.45, 7) is 0.986. The Bertz CT molecular complexity index is 362. The molecule has 0 radical (unpaired) electrons. The summed E-state index contributed by atoms with van der Waals surface area (Å²) in [7, 11) is 1.66. The molecule has 2 rings (SSSR count). The third-order valence-electron chi connectivity index (χ3n) is 4.25. The van der Waals surface area contributed by atoms with Gasteiger partial charge in [0.1, 0.15) is 0 Å². The molecule has 0 aromatic rings. The molecule has 2 fully saturated rings. The van der Waals surface area contributed by atoms with Crippen molar-refractivity contribution in [1.29, 1.82) is 0 Å². The molecular formula is C13H22N2O5. The maximum absolute atomic E-state index is 11.8. The van der Waals surface area contributed by atoms with Gasteiger partial charge in [-0.25, -0.2) is 4.79 Å². The Morgan fingerprint density at radius 1 is 1.35 bits per heavy atom. The number of methoxy groups -OCH3 is 1. The van der Waals surface area contributed by atoms with Crippen molar-refractivity contribution in [2.75, 3.05) is 26.9 Å². The highest BCUT2D eigenvalue weighted by atomic mass is 16.5. The van der Waals surface area contributed by atoms with Gasteiger partial charge in [0.15, 0.2) is 0 Å². The minimum atomic E-state index is -0.899. The van der Waals surface area contributed by atoms with E-state index < -0.39 is 11.4 Å². The van der Waals surface area contributed by atoms with Gasteiger partial charge in [0.2, 0.25) is 0 Å². The number of nitrogens with one attached hydrogen (secondary N) is 2.